The van der Waals surface area contributed by atoms with Crippen molar-refractivity contribution in [3.8, 4) is 11.8 Å². The summed E-state index contributed by atoms with van der Waals surface area (Å²) in [4.78, 5) is 13.8. The van der Waals surface area contributed by atoms with Crippen molar-refractivity contribution in [3.05, 3.63) is 29.6 Å². The van der Waals surface area contributed by atoms with Crippen molar-refractivity contribution in [2.75, 3.05) is 19.7 Å². The maximum atomic E-state index is 13.6. The van der Waals surface area contributed by atoms with E-state index >= 15 is 0 Å². The van der Waals surface area contributed by atoms with E-state index < -0.39 is 5.82 Å². The monoisotopic (exact) mass is 388 g/mol. The molecule has 1 heterocycles. The molecule has 0 atom stereocenters. The van der Waals surface area contributed by atoms with Crippen LogP contribution in [-0.4, -0.2) is 36.8 Å². The number of hydrogen-bond acceptors (Lipinski definition) is 4. The van der Waals surface area contributed by atoms with Crippen molar-refractivity contribution in [1.82, 2.24) is 4.90 Å². The van der Waals surface area contributed by atoms with Crippen LogP contribution in [0.3, 0.4) is 0 Å². The molecule has 1 aromatic rings. The molecule has 152 valence electrons. The van der Waals surface area contributed by atoms with Crippen molar-refractivity contribution in [3.63, 3.8) is 0 Å². The van der Waals surface area contributed by atoms with Gasteiger partial charge in [0.25, 0.3) is 0 Å². The Kier molecular flexibility index (Phi) is 6.43. The highest BCUT2D eigenvalue weighted by Crippen LogP contribution is 2.54. The molecule has 1 amide bonds. The largest absolute Gasteiger partial charge is 0.493 e. The fourth-order valence-electron chi connectivity index (χ4n) is 4.46. The Morgan fingerprint density at radius 3 is 2.68 bits per heavy atom. The molecule has 2 fully saturated rings. The molecule has 0 aromatic heterocycles. The first-order chi connectivity index (χ1) is 13.4. The highest BCUT2D eigenvalue weighted by Gasteiger charge is 2.45. The summed E-state index contributed by atoms with van der Waals surface area (Å²) in [6.07, 6.45) is 6.39. The predicted molar refractivity (Wildman–Crippen MR) is 103 cm³/mol. The summed E-state index contributed by atoms with van der Waals surface area (Å²) in [5.41, 5.74) is 0.451. The molecule has 1 spiro atoms. The molecule has 2 aliphatic rings. The van der Waals surface area contributed by atoms with E-state index in [1.807, 2.05) is 18.7 Å². The van der Waals surface area contributed by atoms with Gasteiger partial charge >= 0.3 is 6.09 Å². The molecule has 0 radical (unpaired) electrons. The Bertz CT molecular complexity index is 728. The van der Waals surface area contributed by atoms with Crippen molar-refractivity contribution in [2.45, 2.75) is 58.5 Å². The zero-order valence-electron chi connectivity index (χ0n) is 16.7. The van der Waals surface area contributed by atoms with Gasteiger partial charge < -0.3 is 14.4 Å². The van der Waals surface area contributed by atoms with Gasteiger partial charge in [0.1, 0.15) is 17.6 Å². The predicted octanol–water partition coefficient (Wildman–Crippen LogP) is 4.89. The number of carbonyl (C=O) groups excluding carboxylic acids is 1. The van der Waals surface area contributed by atoms with Gasteiger partial charge in [0.15, 0.2) is 0 Å². The zero-order chi connectivity index (χ0) is 20.1. The van der Waals surface area contributed by atoms with Gasteiger partial charge in [-0.25, -0.2) is 9.18 Å². The molecule has 1 aliphatic heterocycles. The number of rotatable bonds is 6. The minimum atomic E-state index is -0.537. The molecule has 1 saturated heterocycles. The summed E-state index contributed by atoms with van der Waals surface area (Å²) in [6.45, 7) is 5.91. The van der Waals surface area contributed by atoms with Crippen LogP contribution < -0.4 is 4.74 Å². The van der Waals surface area contributed by atoms with Crippen LogP contribution in [0.15, 0.2) is 18.2 Å². The number of ether oxygens (including phenoxy) is 2. The molecule has 1 aliphatic carbocycles. The topological polar surface area (TPSA) is 62.6 Å². The molecule has 0 bridgehead atoms. The first-order valence-corrected chi connectivity index (χ1v) is 10.2. The van der Waals surface area contributed by atoms with Gasteiger partial charge in [0.05, 0.1) is 18.3 Å². The van der Waals surface area contributed by atoms with E-state index in [4.69, 9.17) is 14.7 Å². The second-order valence-corrected chi connectivity index (χ2v) is 8.44. The molecule has 3 rings (SSSR count). The Morgan fingerprint density at radius 1 is 1.36 bits per heavy atom. The lowest BCUT2D eigenvalue weighted by Gasteiger charge is -2.52. The van der Waals surface area contributed by atoms with E-state index in [0.717, 1.165) is 44.7 Å². The highest BCUT2D eigenvalue weighted by atomic mass is 19.1. The van der Waals surface area contributed by atoms with Gasteiger partial charge in [0.2, 0.25) is 0 Å². The minimum absolute atomic E-state index is 0.0376. The number of piperidine rings is 1. The average molecular weight is 388 g/mol. The summed E-state index contributed by atoms with van der Waals surface area (Å²) in [7, 11) is 0. The number of nitrogens with zero attached hydrogens (tertiary/aromatic N) is 2. The standard InChI is InChI=1S/C22H29FN2O3/c1-16(2)28-21(26)25-9-7-22(8-10-25)13-17(14-22)4-3-11-27-19-6-5-18(15-24)20(23)12-19/h5-6,12,16-17H,3-4,7-11,13-14H2,1-2H3. The fraction of sp³-hybridized carbons (Fsp3) is 0.636. The first-order valence-electron chi connectivity index (χ1n) is 10.2. The van der Waals surface area contributed by atoms with Crippen LogP contribution in [-0.2, 0) is 4.74 Å². The molecule has 0 unspecified atom stereocenters. The third kappa shape index (κ3) is 4.95. The smallest absolute Gasteiger partial charge is 0.410 e. The lowest BCUT2D eigenvalue weighted by molar-refractivity contribution is -0.0203. The van der Waals surface area contributed by atoms with Gasteiger partial charge in [-0.1, -0.05) is 0 Å². The number of carbonyl (C=O) groups is 1. The van der Waals surface area contributed by atoms with E-state index in [0.29, 0.717) is 17.8 Å². The summed E-state index contributed by atoms with van der Waals surface area (Å²) in [5.74, 6) is 0.655. The van der Waals surface area contributed by atoms with Crippen LogP contribution in [0.25, 0.3) is 0 Å². The van der Waals surface area contributed by atoms with E-state index in [2.05, 4.69) is 0 Å². The van der Waals surface area contributed by atoms with Crippen LogP contribution in [0, 0.1) is 28.5 Å². The van der Waals surface area contributed by atoms with Gasteiger partial charge in [-0.15, -0.1) is 0 Å². The Balaban J connectivity index is 1.32. The second kappa shape index (κ2) is 8.81. The molecule has 1 saturated carbocycles. The molecule has 6 heteroatoms. The number of likely N-dealkylation sites (tertiary alicyclic amines) is 1. The third-order valence-corrected chi connectivity index (χ3v) is 5.95. The molecule has 1 aromatic carbocycles. The molecule has 28 heavy (non-hydrogen) atoms. The third-order valence-electron chi connectivity index (χ3n) is 5.95. The Morgan fingerprint density at radius 2 is 2.07 bits per heavy atom. The number of nitriles is 1. The van der Waals surface area contributed by atoms with Gasteiger partial charge in [-0.3, -0.25) is 0 Å². The van der Waals surface area contributed by atoms with Gasteiger partial charge in [0, 0.05) is 19.2 Å². The van der Waals surface area contributed by atoms with Crippen molar-refractivity contribution in [2.24, 2.45) is 11.3 Å². The van der Waals surface area contributed by atoms with Crippen LogP contribution >= 0.6 is 0 Å². The zero-order valence-corrected chi connectivity index (χ0v) is 16.7. The average Bonchev–Trinajstić information content (AvgIpc) is 2.63. The number of hydrogen-bond donors (Lipinski definition) is 0. The van der Waals surface area contributed by atoms with E-state index in [-0.39, 0.29) is 17.8 Å². The lowest BCUT2D eigenvalue weighted by Crippen LogP contribution is -2.49. The number of amides is 1. The van der Waals surface area contributed by atoms with E-state index in [9.17, 15) is 9.18 Å². The number of benzene rings is 1. The normalized spacial score (nSPS) is 18.6. The SMILES string of the molecule is CC(C)OC(=O)N1CCC2(CC1)CC(CCCOc1ccc(C#N)c(F)c1)C2. The van der Waals surface area contributed by atoms with Crippen LogP contribution in [0.2, 0.25) is 0 Å². The fourth-order valence-corrected chi connectivity index (χ4v) is 4.46. The number of halogens is 1. The van der Waals surface area contributed by atoms with Crippen LogP contribution in [0.5, 0.6) is 5.75 Å². The van der Waals surface area contributed by atoms with E-state index in [1.54, 1.807) is 12.1 Å². The lowest BCUT2D eigenvalue weighted by atomic mass is 9.56. The summed E-state index contributed by atoms with van der Waals surface area (Å²) < 4.78 is 24.5. The molecular weight excluding hydrogens is 359 g/mol. The Hall–Kier alpha value is -2.29. The van der Waals surface area contributed by atoms with Gasteiger partial charge in [-0.2, -0.15) is 5.26 Å². The van der Waals surface area contributed by atoms with Crippen molar-refractivity contribution in [1.29, 1.82) is 5.26 Å². The minimum Gasteiger partial charge on any atom is -0.493 e. The molecule has 5 nitrogen and oxygen atoms in total. The van der Waals surface area contributed by atoms with E-state index in [1.165, 1.54) is 25.0 Å². The Labute approximate surface area is 166 Å². The highest BCUT2D eigenvalue weighted by molar-refractivity contribution is 5.67. The summed E-state index contributed by atoms with van der Waals surface area (Å²) in [5, 5.41) is 8.74. The van der Waals surface area contributed by atoms with Crippen molar-refractivity contribution >= 4 is 6.09 Å². The second-order valence-electron chi connectivity index (χ2n) is 8.44. The van der Waals surface area contributed by atoms with Crippen LogP contribution in [0.1, 0.15) is 57.9 Å². The quantitative estimate of drug-likeness (QED) is 0.651. The maximum Gasteiger partial charge on any atom is 0.410 e. The van der Waals surface area contributed by atoms with Crippen molar-refractivity contribution < 1.29 is 18.7 Å². The van der Waals surface area contributed by atoms with Crippen LogP contribution in [0.4, 0.5) is 9.18 Å². The molecule has 0 N–H and O–H groups in total. The summed E-state index contributed by atoms with van der Waals surface area (Å²) in [6, 6.07) is 6.16. The maximum absolute atomic E-state index is 13.6. The molecular formula is C22H29FN2O3. The summed E-state index contributed by atoms with van der Waals surface area (Å²) >= 11 is 0. The van der Waals surface area contributed by atoms with Gasteiger partial charge in [-0.05, 0) is 75.8 Å². The first kappa shape index (κ1) is 20.4.